The first kappa shape index (κ1) is 14.2. The van der Waals surface area contributed by atoms with Crippen molar-refractivity contribution in [3.8, 4) is 0 Å². The van der Waals surface area contributed by atoms with Crippen molar-refractivity contribution in [2.75, 3.05) is 11.5 Å². The number of hydrogen-bond donors (Lipinski definition) is 3. The van der Waals surface area contributed by atoms with Gasteiger partial charge in [0.2, 0.25) is 0 Å². The van der Waals surface area contributed by atoms with E-state index >= 15 is 0 Å². The molecule has 1 atom stereocenters. The Kier molecular flexibility index (Phi) is 4.43. The van der Waals surface area contributed by atoms with Gasteiger partial charge in [-0.15, -0.1) is 0 Å². The number of nitrogens with one attached hydrogen (secondary N) is 2. The Balaban J connectivity index is 2.39. The summed E-state index contributed by atoms with van der Waals surface area (Å²) in [6, 6.07) is -1.37. The van der Waals surface area contributed by atoms with Crippen LogP contribution in [0.25, 0.3) is 0 Å². The van der Waals surface area contributed by atoms with Gasteiger partial charge in [0.25, 0.3) is 5.91 Å². The quantitative estimate of drug-likeness (QED) is 0.546. The molecule has 18 heavy (non-hydrogen) atoms. The van der Waals surface area contributed by atoms with E-state index in [0.29, 0.717) is 18.6 Å². The van der Waals surface area contributed by atoms with Gasteiger partial charge in [-0.1, -0.05) is 0 Å². The average molecular weight is 276 g/mol. The molecule has 1 heterocycles. The molecule has 0 aromatic carbocycles. The summed E-state index contributed by atoms with van der Waals surface area (Å²) in [4.78, 5) is 32.4. The number of rotatable bonds is 3. The molecule has 1 aliphatic rings. The predicted octanol–water partition coefficient (Wildman–Crippen LogP) is -1.36. The molecular weight excluding hydrogens is 264 g/mol. The van der Waals surface area contributed by atoms with Crippen LogP contribution in [-0.4, -0.2) is 49.0 Å². The Morgan fingerprint density at radius 1 is 1.22 bits per heavy atom. The van der Waals surface area contributed by atoms with Crippen LogP contribution in [0.2, 0.25) is 0 Å². The first-order chi connectivity index (χ1) is 8.28. The number of carbonyl (C=O) groups is 3. The standard InChI is InChI=1S/C9H12N2O6S/c12-7(1-2-8(13)14)11-9(15)10-6-3-4-18(16,17)5-6/h1-2,6H,3-5H2,(H,13,14)(H2,10,11,12,15)/b2-1+. The third-order valence-electron chi connectivity index (χ3n) is 2.18. The van der Waals surface area contributed by atoms with Gasteiger partial charge in [0.05, 0.1) is 11.5 Å². The van der Waals surface area contributed by atoms with Crippen LogP contribution in [0.4, 0.5) is 4.79 Å². The lowest BCUT2D eigenvalue weighted by Crippen LogP contribution is -2.44. The summed E-state index contributed by atoms with van der Waals surface area (Å²) in [5.74, 6) is -2.35. The number of aliphatic carboxylic acids is 1. The van der Waals surface area contributed by atoms with Gasteiger partial charge in [0.1, 0.15) is 0 Å². The van der Waals surface area contributed by atoms with Gasteiger partial charge in [-0.2, -0.15) is 0 Å². The van der Waals surface area contributed by atoms with Gasteiger partial charge in [0, 0.05) is 18.2 Å². The van der Waals surface area contributed by atoms with Crippen LogP contribution in [-0.2, 0) is 19.4 Å². The lowest BCUT2D eigenvalue weighted by Gasteiger charge is -2.10. The van der Waals surface area contributed by atoms with E-state index in [1.165, 1.54) is 0 Å². The van der Waals surface area contributed by atoms with E-state index < -0.39 is 33.8 Å². The Hall–Kier alpha value is -1.90. The Morgan fingerprint density at radius 2 is 1.89 bits per heavy atom. The number of imide groups is 1. The monoisotopic (exact) mass is 276 g/mol. The highest BCUT2D eigenvalue weighted by Gasteiger charge is 2.29. The van der Waals surface area contributed by atoms with Crippen molar-refractivity contribution >= 4 is 27.7 Å². The van der Waals surface area contributed by atoms with Gasteiger partial charge < -0.3 is 10.4 Å². The zero-order valence-electron chi connectivity index (χ0n) is 9.25. The number of carboxylic acids is 1. The van der Waals surface area contributed by atoms with E-state index in [2.05, 4.69) is 5.32 Å². The molecule has 1 fully saturated rings. The number of amides is 3. The summed E-state index contributed by atoms with van der Waals surface area (Å²) in [6.07, 6.45) is 1.57. The van der Waals surface area contributed by atoms with Gasteiger partial charge in [-0.05, 0) is 6.42 Å². The number of carbonyl (C=O) groups excluding carboxylic acids is 2. The fraction of sp³-hybridized carbons (Fsp3) is 0.444. The summed E-state index contributed by atoms with van der Waals surface area (Å²) in [5.41, 5.74) is 0. The first-order valence-electron chi connectivity index (χ1n) is 5.01. The molecule has 0 saturated carbocycles. The number of sulfone groups is 1. The molecule has 8 nitrogen and oxygen atoms in total. The van der Waals surface area contributed by atoms with Crippen LogP contribution in [0.3, 0.4) is 0 Å². The molecule has 0 aromatic rings. The van der Waals surface area contributed by atoms with Crippen LogP contribution in [0.15, 0.2) is 12.2 Å². The molecule has 0 aromatic heterocycles. The second-order valence-corrected chi connectivity index (χ2v) is 5.96. The summed E-state index contributed by atoms with van der Waals surface area (Å²) >= 11 is 0. The fourth-order valence-electron chi connectivity index (χ4n) is 1.43. The second-order valence-electron chi connectivity index (χ2n) is 3.73. The molecule has 3 amide bonds. The van der Waals surface area contributed by atoms with Crippen LogP contribution in [0, 0.1) is 0 Å². The van der Waals surface area contributed by atoms with Crippen molar-refractivity contribution < 1.29 is 27.9 Å². The lowest BCUT2D eigenvalue weighted by atomic mass is 10.3. The largest absolute Gasteiger partial charge is 0.478 e. The average Bonchev–Trinajstić information content (AvgIpc) is 2.54. The van der Waals surface area contributed by atoms with Crippen LogP contribution in [0.1, 0.15) is 6.42 Å². The summed E-state index contributed by atoms with van der Waals surface area (Å²) in [7, 11) is -3.11. The third kappa shape index (κ3) is 4.95. The highest BCUT2D eigenvalue weighted by molar-refractivity contribution is 7.91. The highest BCUT2D eigenvalue weighted by atomic mass is 32.2. The van der Waals surface area contributed by atoms with Crippen molar-refractivity contribution in [1.29, 1.82) is 0 Å². The van der Waals surface area contributed by atoms with Gasteiger partial charge in [-0.25, -0.2) is 18.0 Å². The maximum Gasteiger partial charge on any atom is 0.328 e. The minimum atomic E-state index is -3.11. The van der Waals surface area contributed by atoms with E-state index in [1.54, 1.807) is 0 Å². The molecule has 1 rings (SSSR count). The minimum Gasteiger partial charge on any atom is -0.478 e. The van der Waals surface area contributed by atoms with Crippen molar-refractivity contribution in [2.24, 2.45) is 0 Å². The van der Waals surface area contributed by atoms with Crippen LogP contribution < -0.4 is 10.6 Å². The number of urea groups is 1. The zero-order chi connectivity index (χ0) is 13.8. The molecule has 1 unspecified atom stereocenters. The molecule has 0 bridgehead atoms. The number of carboxylic acid groups (broad SMARTS) is 1. The fourth-order valence-corrected chi connectivity index (χ4v) is 3.10. The van der Waals surface area contributed by atoms with Gasteiger partial charge >= 0.3 is 12.0 Å². The van der Waals surface area contributed by atoms with Crippen molar-refractivity contribution in [3.63, 3.8) is 0 Å². The molecule has 9 heteroatoms. The predicted molar refractivity (Wildman–Crippen MR) is 60.5 cm³/mol. The smallest absolute Gasteiger partial charge is 0.328 e. The van der Waals surface area contributed by atoms with Crippen molar-refractivity contribution in [1.82, 2.24) is 10.6 Å². The molecule has 1 aliphatic heterocycles. The minimum absolute atomic E-state index is 0.00477. The Bertz CT molecular complexity index is 495. The SMILES string of the molecule is O=C(O)/C=C/C(=O)NC(=O)NC1CCS(=O)(=O)C1. The summed E-state index contributed by atoms with van der Waals surface area (Å²) in [6.45, 7) is 0. The normalized spacial score (nSPS) is 21.7. The van der Waals surface area contributed by atoms with E-state index in [9.17, 15) is 22.8 Å². The molecule has 0 aliphatic carbocycles. The lowest BCUT2D eigenvalue weighted by molar-refractivity contribution is -0.131. The summed E-state index contributed by atoms with van der Waals surface area (Å²) in [5, 5.41) is 12.4. The third-order valence-corrected chi connectivity index (χ3v) is 3.95. The van der Waals surface area contributed by atoms with Crippen molar-refractivity contribution in [3.05, 3.63) is 12.2 Å². The molecule has 0 radical (unpaired) electrons. The first-order valence-corrected chi connectivity index (χ1v) is 6.83. The van der Waals surface area contributed by atoms with Crippen LogP contribution >= 0.6 is 0 Å². The summed E-state index contributed by atoms with van der Waals surface area (Å²) < 4.78 is 22.2. The number of hydrogen-bond acceptors (Lipinski definition) is 5. The maximum absolute atomic E-state index is 11.2. The maximum atomic E-state index is 11.2. The highest BCUT2D eigenvalue weighted by Crippen LogP contribution is 2.10. The molecule has 3 N–H and O–H groups in total. The Morgan fingerprint density at radius 3 is 2.39 bits per heavy atom. The van der Waals surface area contributed by atoms with Crippen LogP contribution in [0.5, 0.6) is 0 Å². The van der Waals surface area contributed by atoms with E-state index in [1.807, 2.05) is 5.32 Å². The zero-order valence-corrected chi connectivity index (χ0v) is 10.1. The second kappa shape index (κ2) is 5.63. The molecular formula is C9H12N2O6S. The topological polar surface area (TPSA) is 130 Å². The van der Waals surface area contributed by atoms with Crippen molar-refractivity contribution in [2.45, 2.75) is 12.5 Å². The molecule has 0 spiro atoms. The molecule has 100 valence electrons. The van der Waals surface area contributed by atoms with Gasteiger partial charge in [-0.3, -0.25) is 10.1 Å². The van der Waals surface area contributed by atoms with Gasteiger partial charge in [0.15, 0.2) is 9.84 Å². The molecule has 1 saturated heterocycles. The van der Waals surface area contributed by atoms with E-state index in [-0.39, 0.29) is 11.5 Å². The Labute approximate surface area is 103 Å². The van der Waals surface area contributed by atoms with E-state index in [4.69, 9.17) is 5.11 Å². The van der Waals surface area contributed by atoms with E-state index in [0.717, 1.165) is 0 Å².